The molecular formula is C56H36. The summed E-state index contributed by atoms with van der Waals surface area (Å²) in [6, 6.07) is 80.4. The van der Waals surface area contributed by atoms with Crippen LogP contribution in [-0.2, 0) is 0 Å². The van der Waals surface area contributed by atoms with E-state index in [-0.39, 0.29) is 0 Å². The highest BCUT2D eigenvalue weighted by Crippen LogP contribution is 2.47. The maximum atomic E-state index is 2.46. The summed E-state index contributed by atoms with van der Waals surface area (Å²) in [5, 5.41) is 12.6. The van der Waals surface area contributed by atoms with E-state index in [0.717, 1.165) is 0 Å². The molecule has 0 N–H and O–H groups in total. The van der Waals surface area contributed by atoms with Crippen molar-refractivity contribution in [2.24, 2.45) is 0 Å². The van der Waals surface area contributed by atoms with E-state index in [4.69, 9.17) is 0 Å². The van der Waals surface area contributed by atoms with Crippen LogP contribution in [0, 0.1) is 0 Å². The lowest BCUT2D eigenvalue weighted by molar-refractivity contribution is 1.58. The van der Waals surface area contributed by atoms with Crippen LogP contribution in [0.3, 0.4) is 0 Å². The van der Waals surface area contributed by atoms with E-state index in [1.54, 1.807) is 0 Å². The van der Waals surface area contributed by atoms with Gasteiger partial charge in [-0.25, -0.2) is 0 Å². The largest absolute Gasteiger partial charge is 0.0622 e. The van der Waals surface area contributed by atoms with E-state index >= 15 is 0 Å². The fourth-order valence-electron chi connectivity index (χ4n) is 9.02. The molecule has 56 heavy (non-hydrogen) atoms. The molecule has 260 valence electrons. The predicted octanol–water partition coefficient (Wildman–Crippen LogP) is 15.8. The molecule has 0 heterocycles. The fourth-order valence-corrected chi connectivity index (χ4v) is 9.02. The number of benzene rings is 11. The Morgan fingerprint density at radius 1 is 0.179 bits per heavy atom. The molecule has 0 unspecified atom stereocenters. The Kier molecular flexibility index (Phi) is 7.60. The minimum Gasteiger partial charge on any atom is -0.0622 e. The Morgan fingerprint density at radius 3 is 1.34 bits per heavy atom. The van der Waals surface area contributed by atoms with Crippen LogP contribution < -0.4 is 0 Å². The van der Waals surface area contributed by atoms with Crippen molar-refractivity contribution in [3.63, 3.8) is 0 Å². The van der Waals surface area contributed by atoms with Crippen molar-refractivity contribution in [1.82, 2.24) is 0 Å². The molecular weight excluding hydrogens is 673 g/mol. The lowest BCUT2D eigenvalue weighted by Gasteiger charge is -2.20. The molecule has 0 fully saturated rings. The van der Waals surface area contributed by atoms with Gasteiger partial charge in [0.25, 0.3) is 0 Å². The molecule has 0 spiro atoms. The average molecular weight is 709 g/mol. The molecule has 11 rings (SSSR count). The molecule has 0 aliphatic rings. The topological polar surface area (TPSA) is 0 Å². The van der Waals surface area contributed by atoms with Crippen molar-refractivity contribution in [3.8, 4) is 55.6 Å². The Bertz CT molecular complexity index is 3220. The molecule has 11 aromatic carbocycles. The number of hydrogen-bond acceptors (Lipinski definition) is 0. The SMILES string of the molecule is c1ccc(-c2c3ccccc3c(-c3ccc(-c4ccc(-c5ccc6ccccc6c5)cc4)c(-c4cc5ccccc5c5ccccc45)c3)c3ccccc23)cc1. The molecule has 0 saturated heterocycles. The normalized spacial score (nSPS) is 11.6. The quantitative estimate of drug-likeness (QED) is 0.123. The van der Waals surface area contributed by atoms with Crippen LogP contribution >= 0.6 is 0 Å². The third-order valence-electron chi connectivity index (χ3n) is 11.6. The fraction of sp³-hybridized carbons (Fsp3) is 0. The maximum Gasteiger partial charge on any atom is -0.00261 e. The average Bonchev–Trinajstić information content (AvgIpc) is 3.28. The molecule has 0 heteroatoms. The third-order valence-corrected chi connectivity index (χ3v) is 11.6. The molecule has 0 atom stereocenters. The Labute approximate surface area is 326 Å². The van der Waals surface area contributed by atoms with Gasteiger partial charge in [-0.2, -0.15) is 0 Å². The highest BCUT2D eigenvalue weighted by Gasteiger charge is 2.19. The predicted molar refractivity (Wildman–Crippen MR) is 241 cm³/mol. The Balaban J connectivity index is 1.17. The molecule has 0 saturated carbocycles. The minimum absolute atomic E-state index is 1.20. The van der Waals surface area contributed by atoms with Gasteiger partial charge in [0.2, 0.25) is 0 Å². The van der Waals surface area contributed by atoms with Crippen molar-refractivity contribution in [2.75, 3.05) is 0 Å². The van der Waals surface area contributed by atoms with Gasteiger partial charge in [0.1, 0.15) is 0 Å². The third kappa shape index (κ3) is 5.30. The lowest BCUT2D eigenvalue weighted by atomic mass is 9.83. The van der Waals surface area contributed by atoms with Crippen molar-refractivity contribution in [1.29, 1.82) is 0 Å². The van der Waals surface area contributed by atoms with Gasteiger partial charge < -0.3 is 0 Å². The van der Waals surface area contributed by atoms with Crippen molar-refractivity contribution in [2.45, 2.75) is 0 Å². The van der Waals surface area contributed by atoms with E-state index in [1.807, 2.05) is 0 Å². The van der Waals surface area contributed by atoms with Gasteiger partial charge in [-0.3, -0.25) is 0 Å². The van der Waals surface area contributed by atoms with Gasteiger partial charge in [0, 0.05) is 0 Å². The molecule has 0 aliphatic carbocycles. The first-order chi connectivity index (χ1) is 27.8. The van der Waals surface area contributed by atoms with Crippen LogP contribution in [0.2, 0.25) is 0 Å². The summed E-state index contributed by atoms with van der Waals surface area (Å²) >= 11 is 0. The van der Waals surface area contributed by atoms with E-state index in [1.165, 1.54) is 109 Å². The van der Waals surface area contributed by atoms with E-state index < -0.39 is 0 Å². The van der Waals surface area contributed by atoms with Gasteiger partial charge >= 0.3 is 0 Å². The van der Waals surface area contributed by atoms with Gasteiger partial charge in [-0.05, 0) is 128 Å². The van der Waals surface area contributed by atoms with Crippen molar-refractivity contribution >= 4 is 53.9 Å². The molecule has 0 radical (unpaired) electrons. The summed E-state index contributed by atoms with van der Waals surface area (Å²) in [6.45, 7) is 0. The number of rotatable bonds is 5. The standard InChI is InChI=1S/C56H36/c1-2-15-40(16-3-1)55-49-22-10-12-24-51(49)56(52-25-13-11-23-50(52)55)44-32-33-46(39-29-26-38(27-30-39)42-31-28-37-14-4-5-17-41(37)34-42)53(36-44)54-35-43-18-6-7-19-45(43)47-20-8-9-21-48(47)54/h1-36H. The Hall–Kier alpha value is -7.28. The molecule has 0 aliphatic heterocycles. The van der Waals surface area contributed by atoms with Gasteiger partial charge in [0.15, 0.2) is 0 Å². The second-order valence-electron chi connectivity index (χ2n) is 14.8. The summed E-state index contributed by atoms with van der Waals surface area (Å²) < 4.78 is 0. The van der Waals surface area contributed by atoms with Crippen LogP contribution in [0.15, 0.2) is 218 Å². The zero-order valence-electron chi connectivity index (χ0n) is 30.8. The van der Waals surface area contributed by atoms with E-state index in [0.29, 0.717) is 0 Å². The molecule has 0 amide bonds. The summed E-state index contributed by atoms with van der Waals surface area (Å²) in [5.41, 5.74) is 12.3. The van der Waals surface area contributed by atoms with Gasteiger partial charge in [-0.15, -0.1) is 0 Å². The van der Waals surface area contributed by atoms with Crippen LogP contribution in [0.4, 0.5) is 0 Å². The lowest BCUT2D eigenvalue weighted by Crippen LogP contribution is -1.93. The summed E-state index contributed by atoms with van der Waals surface area (Å²) in [6.07, 6.45) is 0. The zero-order chi connectivity index (χ0) is 37.0. The highest BCUT2D eigenvalue weighted by atomic mass is 14.2. The van der Waals surface area contributed by atoms with E-state index in [9.17, 15) is 0 Å². The number of fused-ring (bicyclic) bond motifs is 6. The zero-order valence-corrected chi connectivity index (χ0v) is 30.8. The smallest absolute Gasteiger partial charge is 0.00261 e. The number of hydrogen-bond donors (Lipinski definition) is 0. The van der Waals surface area contributed by atoms with E-state index in [2.05, 4.69) is 218 Å². The summed E-state index contributed by atoms with van der Waals surface area (Å²) in [4.78, 5) is 0. The van der Waals surface area contributed by atoms with Gasteiger partial charge in [-0.1, -0.05) is 200 Å². The van der Waals surface area contributed by atoms with Crippen molar-refractivity contribution in [3.05, 3.63) is 218 Å². The van der Waals surface area contributed by atoms with Crippen LogP contribution in [-0.4, -0.2) is 0 Å². The molecule has 11 aromatic rings. The second kappa shape index (κ2) is 13.2. The summed E-state index contributed by atoms with van der Waals surface area (Å²) in [5.74, 6) is 0. The van der Waals surface area contributed by atoms with Crippen LogP contribution in [0.1, 0.15) is 0 Å². The summed E-state index contributed by atoms with van der Waals surface area (Å²) in [7, 11) is 0. The maximum absolute atomic E-state index is 2.46. The van der Waals surface area contributed by atoms with Crippen LogP contribution in [0.25, 0.3) is 109 Å². The van der Waals surface area contributed by atoms with Crippen LogP contribution in [0.5, 0.6) is 0 Å². The first-order valence-electron chi connectivity index (χ1n) is 19.4. The van der Waals surface area contributed by atoms with Crippen molar-refractivity contribution < 1.29 is 0 Å². The molecule has 0 aromatic heterocycles. The second-order valence-corrected chi connectivity index (χ2v) is 14.8. The van der Waals surface area contributed by atoms with Gasteiger partial charge in [0.05, 0.1) is 0 Å². The first-order valence-corrected chi connectivity index (χ1v) is 19.4. The monoisotopic (exact) mass is 708 g/mol. The Morgan fingerprint density at radius 2 is 0.661 bits per heavy atom. The highest BCUT2D eigenvalue weighted by molar-refractivity contribution is 6.22. The minimum atomic E-state index is 1.20. The molecule has 0 nitrogen and oxygen atoms in total. The first kappa shape index (κ1) is 32.2. The molecule has 0 bridgehead atoms.